The van der Waals surface area contributed by atoms with Crippen molar-refractivity contribution in [2.24, 2.45) is 0 Å². The molecule has 0 saturated heterocycles. The van der Waals surface area contributed by atoms with Crippen molar-refractivity contribution in [3.8, 4) is 0 Å². The van der Waals surface area contributed by atoms with Gasteiger partial charge in [0.1, 0.15) is 23.3 Å². The molecule has 0 bridgehead atoms. The van der Waals surface area contributed by atoms with E-state index in [1.807, 2.05) is 6.07 Å². The molecule has 9 nitrogen and oxygen atoms in total. The Morgan fingerprint density at radius 3 is 2.55 bits per heavy atom. The largest absolute Gasteiger partial charge is 0.444 e. The van der Waals surface area contributed by atoms with Crippen molar-refractivity contribution in [2.45, 2.75) is 31.3 Å². The summed E-state index contributed by atoms with van der Waals surface area (Å²) in [6, 6.07) is 4.97. The molecule has 2 amide bonds. The van der Waals surface area contributed by atoms with E-state index >= 15 is 0 Å². The Kier molecular flexibility index (Phi) is 8.81. The summed E-state index contributed by atoms with van der Waals surface area (Å²) in [4.78, 5) is 43.9. The van der Waals surface area contributed by atoms with Crippen LogP contribution < -0.4 is 16.0 Å². The summed E-state index contributed by atoms with van der Waals surface area (Å²) < 4.78 is 5.99. The van der Waals surface area contributed by atoms with E-state index in [2.05, 4.69) is 41.8 Å². The van der Waals surface area contributed by atoms with Crippen molar-refractivity contribution in [2.75, 3.05) is 30.0 Å². The molecule has 1 aromatic heterocycles. The standard InChI is InChI=1S/C20H24BrN5O4S/c1-20(2,3)30-19(29)23-5-6-31-17-14(22-4)7-12(21)8-15(17)26-18(28)16-9-13(10-27)24-11-25-16/h7-11,22H,5-6H2,1-4H3,(H,23,29)(H,26,28). The van der Waals surface area contributed by atoms with Crippen LogP contribution in [0.3, 0.4) is 0 Å². The number of amides is 2. The van der Waals surface area contributed by atoms with Crippen LogP contribution in [-0.4, -0.2) is 53.2 Å². The van der Waals surface area contributed by atoms with Crippen LogP contribution in [0.5, 0.6) is 0 Å². The Morgan fingerprint density at radius 1 is 1.19 bits per heavy atom. The molecule has 31 heavy (non-hydrogen) atoms. The van der Waals surface area contributed by atoms with Crippen molar-refractivity contribution < 1.29 is 19.1 Å². The molecular formula is C20H24BrN5O4S. The number of carbonyl (C=O) groups excluding carboxylic acids is 3. The lowest BCUT2D eigenvalue weighted by Gasteiger charge is -2.20. The zero-order valence-corrected chi connectivity index (χ0v) is 20.0. The zero-order valence-electron chi connectivity index (χ0n) is 17.6. The molecule has 0 fully saturated rings. The Hall–Kier alpha value is -2.66. The molecule has 1 aromatic carbocycles. The molecule has 0 atom stereocenters. The fourth-order valence-electron chi connectivity index (χ4n) is 2.40. The summed E-state index contributed by atoms with van der Waals surface area (Å²) in [5, 5.41) is 8.64. The number of alkyl carbamates (subject to hydrolysis) is 1. The molecule has 166 valence electrons. The summed E-state index contributed by atoms with van der Waals surface area (Å²) in [5.41, 5.74) is 0.976. The van der Waals surface area contributed by atoms with Gasteiger partial charge in [0.05, 0.1) is 16.3 Å². The van der Waals surface area contributed by atoms with Gasteiger partial charge in [-0.2, -0.15) is 0 Å². The maximum absolute atomic E-state index is 12.7. The predicted molar refractivity (Wildman–Crippen MR) is 124 cm³/mol. The number of benzene rings is 1. The van der Waals surface area contributed by atoms with E-state index in [1.165, 1.54) is 17.8 Å². The highest BCUT2D eigenvalue weighted by atomic mass is 79.9. The number of ether oxygens (including phenoxy) is 1. The number of aldehydes is 1. The van der Waals surface area contributed by atoms with Crippen LogP contribution in [0.4, 0.5) is 16.2 Å². The second kappa shape index (κ2) is 11.1. The second-order valence-corrected chi connectivity index (χ2v) is 9.28. The Balaban J connectivity index is 2.13. The molecule has 0 aliphatic heterocycles. The normalized spacial score (nSPS) is 10.9. The van der Waals surface area contributed by atoms with Gasteiger partial charge in [0, 0.05) is 23.8 Å². The van der Waals surface area contributed by atoms with Gasteiger partial charge in [-0.25, -0.2) is 14.8 Å². The van der Waals surface area contributed by atoms with Gasteiger partial charge in [-0.1, -0.05) is 15.9 Å². The third-order valence-corrected chi connectivity index (χ3v) is 5.22. The van der Waals surface area contributed by atoms with Crippen molar-refractivity contribution >= 4 is 57.4 Å². The van der Waals surface area contributed by atoms with E-state index in [0.717, 1.165) is 21.4 Å². The molecule has 0 aliphatic carbocycles. The predicted octanol–water partition coefficient (Wildman–Crippen LogP) is 3.96. The number of rotatable bonds is 8. The molecule has 2 rings (SSSR count). The minimum atomic E-state index is -0.565. The summed E-state index contributed by atoms with van der Waals surface area (Å²) in [6.07, 6.45) is 1.23. The number of halogens is 1. The third-order valence-electron chi connectivity index (χ3n) is 3.63. The minimum absolute atomic E-state index is 0.0747. The first-order chi connectivity index (χ1) is 14.6. The molecule has 0 unspecified atom stereocenters. The van der Waals surface area contributed by atoms with Crippen molar-refractivity contribution in [1.82, 2.24) is 15.3 Å². The number of anilines is 2. The number of nitrogens with zero attached hydrogens (tertiary/aromatic N) is 2. The van der Waals surface area contributed by atoms with Crippen molar-refractivity contribution in [3.63, 3.8) is 0 Å². The van der Waals surface area contributed by atoms with Crippen LogP contribution >= 0.6 is 27.7 Å². The Bertz CT molecular complexity index is 965. The van der Waals surface area contributed by atoms with Gasteiger partial charge in [0.2, 0.25) is 0 Å². The molecule has 0 radical (unpaired) electrons. The van der Waals surface area contributed by atoms with Gasteiger partial charge in [-0.15, -0.1) is 11.8 Å². The van der Waals surface area contributed by atoms with Crippen LogP contribution in [0, 0.1) is 0 Å². The number of hydrogen-bond acceptors (Lipinski definition) is 8. The van der Waals surface area contributed by atoms with E-state index in [1.54, 1.807) is 33.9 Å². The summed E-state index contributed by atoms with van der Waals surface area (Å²) in [7, 11) is 1.77. The first kappa shape index (κ1) is 24.6. The van der Waals surface area contributed by atoms with Crippen molar-refractivity contribution in [3.05, 3.63) is 40.4 Å². The SMILES string of the molecule is CNc1cc(Br)cc(NC(=O)c2cc(C=O)ncn2)c1SCCNC(=O)OC(C)(C)C. The highest BCUT2D eigenvalue weighted by molar-refractivity contribution is 9.10. The molecule has 0 saturated carbocycles. The van der Waals surface area contributed by atoms with Crippen LogP contribution in [0.25, 0.3) is 0 Å². The first-order valence-electron chi connectivity index (χ1n) is 9.32. The molecular weight excluding hydrogens is 486 g/mol. The molecule has 3 N–H and O–H groups in total. The number of aromatic nitrogens is 2. The summed E-state index contributed by atoms with van der Waals surface area (Å²) in [5.74, 6) is 0.0701. The van der Waals surface area contributed by atoms with Crippen LogP contribution in [0.1, 0.15) is 41.7 Å². The van der Waals surface area contributed by atoms with Crippen LogP contribution in [-0.2, 0) is 4.74 Å². The number of thioether (sulfide) groups is 1. The van der Waals surface area contributed by atoms with E-state index in [-0.39, 0.29) is 11.4 Å². The van der Waals surface area contributed by atoms with E-state index in [4.69, 9.17) is 4.74 Å². The van der Waals surface area contributed by atoms with E-state index < -0.39 is 17.6 Å². The van der Waals surface area contributed by atoms with E-state index in [9.17, 15) is 14.4 Å². The van der Waals surface area contributed by atoms with Crippen LogP contribution in [0.2, 0.25) is 0 Å². The maximum atomic E-state index is 12.7. The molecule has 11 heteroatoms. The van der Waals surface area contributed by atoms with Gasteiger partial charge >= 0.3 is 6.09 Å². The van der Waals surface area contributed by atoms with Gasteiger partial charge in [-0.05, 0) is 39.0 Å². The lowest BCUT2D eigenvalue weighted by atomic mass is 10.2. The quantitative estimate of drug-likeness (QED) is 0.277. The highest BCUT2D eigenvalue weighted by Crippen LogP contribution is 2.37. The smallest absolute Gasteiger partial charge is 0.407 e. The molecule has 2 aromatic rings. The van der Waals surface area contributed by atoms with Gasteiger partial charge in [0.15, 0.2) is 6.29 Å². The number of nitrogens with one attached hydrogen (secondary N) is 3. The van der Waals surface area contributed by atoms with Gasteiger partial charge in [-0.3, -0.25) is 9.59 Å². The van der Waals surface area contributed by atoms with Gasteiger partial charge in [0.25, 0.3) is 5.91 Å². The summed E-state index contributed by atoms with van der Waals surface area (Å²) in [6.45, 7) is 5.77. The van der Waals surface area contributed by atoms with E-state index in [0.29, 0.717) is 24.3 Å². The fraction of sp³-hybridized carbons (Fsp3) is 0.350. The molecule has 0 aliphatic rings. The molecule has 0 spiro atoms. The number of carbonyl (C=O) groups is 3. The Labute approximate surface area is 193 Å². The average Bonchev–Trinajstić information content (AvgIpc) is 2.70. The topological polar surface area (TPSA) is 122 Å². The van der Waals surface area contributed by atoms with Gasteiger partial charge < -0.3 is 20.7 Å². The lowest BCUT2D eigenvalue weighted by Crippen LogP contribution is -2.33. The second-order valence-electron chi connectivity index (χ2n) is 7.26. The fourth-order valence-corrected chi connectivity index (χ4v) is 3.84. The Morgan fingerprint density at radius 2 is 1.90 bits per heavy atom. The summed E-state index contributed by atoms with van der Waals surface area (Å²) >= 11 is 4.89. The zero-order chi connectivity index (χ0) is 23.0. The third kappa shape index (κ3) is 7.83. The number of hydrogen-bond donors (Lipinski definition) is 3. The average molecular weight is 510 g/mol. The highest BCUT2D eigenvalue weighted by Gasteiger charge is 2.17. The monoisotopic (exact) mass is 509 g/mol. The lowest BCUT2D eigenvalue weighted by molar-refractivity contribution is 0.0531. The molecule has 1 heterocycles. The first-order valence-corrected chi connectivity index (χ1v) is 11.1. The maximum Gasteiger partial charge on any atom is 0.407 e. The van der Waals surface area contributed by atoms with Crippen molar-refractivity contribution in [1.29, 1.82) is 0 Å². The van der Waals surface area contributed by atoms with Crippen LogP contribution in [0.15, 0.2) is 33.9 Å². The minimum Gasteiger partial charge on any atom is -0.444 e.